The molecule has 0 bridgehead atoms. The molecule has 1 aromatic rings. The first-order valence-corrected chi connectivity index (χ1v) is 6.81. The summed E-state index contributed by atoms with van der Waals surface area (Å²) in [5.74, 6) is 0.260. The summed E-state index contributed by atoms with van der Waals surface area (Å²) in [5.41, 5.74) is 1.78. The van der Waals surface area contributed by atoms with Crippen LogP contribution in [0.4, 0.5) is 0 Å². The smallest absolute Gasteiger partial charge is 0.252 e. The van der Waals surface area contributed by atoms with Gasteiger partial charge in [-0.2, -0.15) is 0 Å². The van der Waals surface area contributed by atoms with Crippen LogP contribution in [0.1, 0.15) is 29.8 Å². The number of ether oxygens (including phenoxy) is 1. The number of amides is 1. The van der Waals surface area contributed by atoms with Gasteiger partial charge >= 0.3 is 0 Å². The molecule has 0 radical (unpaired) electrons. The molecule has 0 fully saturated rings. The van der Waals surface area contributed by atoms with Gasteiger partial charge in [0.05, 0.1) is 18.2 Å². The van der Waals surface area contributed by atoms with Crippen LogP contribution in [0.25, 0.3) is 0 Å². The molecule has 1 amide bonds. The monoisotopic (exact) mass is 313 g/mol. The van der Waals surface area contributed by atoms with Crippen molar-refractivity contribution in [3.05, 3.63) is 33.8 Å². The second-order valence-electron chi connectivity index (χ2n) is 4.76. The van der Waals surface area contributed by atoms with Crippen molar-refractivity contribution in [1.82, 2.24) is 5.32 Å². The zero-order chi connectivity index (χ0) is 13.7. The van der Waals surface area contributed by atoms with E-state index in [4.69, 9.17) is 4.74 Å². The normalized spacial score (nSPS) is 12.6. The lowest BCUT2D eigenvalue weighted by Gasteiger charge is -2.21. The van der Waals surface area contributed by atoms with Crippen molar-refractivity contribution >= 4 is 21.8 Å². The standard InChI is InChI=1S/C14H20BrNO2/c1-9(2)13(8-18-4)16-14(17)11-6-5-10(3)7-12(11)15/h5-7,9,13H,8H2,1-4H3,(H,16,17). The Morgan fingerprint density at radius 1 is 1.44 bits per heavy atom. The van der Waals surface area contributed by atoms with Crippen molar-refractivity contribution in [2.75, 3.05) is 13.7 Å². The van der Waals surface area contributed by atoms with Crippen LogP contribution in [0.15, 0.2) is 22.7 Å². The molecule has 1 unspecified atom stereocenters. The largest absolute Gasteiger partial charge is 0.383 e. The van der Waals surface area contributed by atoms with E-state index >= 15 is 0 Å². The highest BCUT2D eigenvalue weighted by molar-refractivity contribution is 9.10. The quantitative estimate of drug-likeness (QED) is 0.906. The SMILES string of the molecule is COCC(NC(=O)c1ccc(C)cc1Br)C(C)C. The van der Waals surface area contributed by atoms with Gasteiger partial charge in [-0.3, -0.25) is 4.79 Å². The molecule has 0 heterocycles. The van der Waals surface area contributed by atoms with E-state index in [9.17, 15) is 4.79 Å². The molecule has 0 saturated heterocycles. The number of benzene rings is 1. The van der Waals surface area contributed by atoms with Crippen LogP contribution in [0.3, 0.4) is 0 Å². The van der Waals surface area contributed by atoms with E-state index in [0.717, 1.165) is 10.0 Å². The lowest BCUT2D eigenvalue weighted by atomic mass is 10.0. The van der Waals surface area contributed by atoms with Gasteiger partial charge in [0.1, 0.15) is 0 Å². The number of carbonyl (C=O) groups excluding carboxylic acids is 1. The highest BCUT2D eigenvalue weighted by atomic mass is 79.9. The Balaban J connectivity index is 2.80. The van der Waals surface area contributed by atoms with E-state index in [2.05, 4.69) is 35.1 Å². The van der Waals surface area contributed by atoms with Crippen LogP contribution in [0.2, 0.25) is 0 Å². The van der Waals surface area contributed by atoms with Gasteiger partial charge in [0.2, 0.25) is 0 Å². The number of hydrogen-bond donors (Lipinski definition) is 1. The topological polar surface area (TPSA) is 38.3 Å². The van der Waals surface area contributed by atoms with Gasteiger partial charge in [0.15, 0.2) is 0 Å². The predicted molar refractivity (Wildman–Crippen MR) is 76.8 cm³/mol. The maximum atomic E-state index is 12.2. The molecule has 18 heavy (non-hydrogen) atoms. The summed E-state index contributed by atoms with van der Waals surface area (Å²) in [5, 5.41) is 3.00. The maximum absolute atomic E-state index is 12.2. The van der Waals surface area contributed by atoms with Crippen LogP contribution < -0.4 is 5.32 Å². The van der Waals surface area contributed by atoms with E-state index in [1.165, 1.54) is 0 Å². The minimum atomic E-state index is -0.0716. The average Bonchev–Trinajstić information content (AvgIpc) is 2.27. The third kappa shape index (κ3) is 4.10. The maximum Gasteiger partial charge on any atom is 0.252 e. The van der Waals surface area contributed by atoms with Crippen molar-refractivity contribution in [2.45, 2.75) is 26.8 Å². The third-order valence-corrected chi connectivity index (χ3v) is 3.49. The Labute approximate surface area is 117 Å². The number of aryl methyl sites for hydroxylation is 1. The zero-order valence-corrected chi connectivity index (χ0v) is 12.9. The van der Waals surface area contributed by atoms with Crippen molar-refractivity contribution in [3.63, 3.8) is 0 Å². The first-order chi connectivity index (χ1) is 8.45. The number of nitrogens with one attached hydrogen (secondary N) is 1. The van der Waals surface area contributed by atoms with Gasteiger partial charge in [-0.05, 0) is 46.5 Å². The van der Waals surface area contributed by atoms with Crippen LogP contribution in [-0.2, 0) is 4.74 Å². The third-order valence-electron chi connectivity index (χ3n) is 2.84. The van der Waals surface area contributed by atoms with Crippen LogP contribution >= 0.6 is 15.9 Å². The molecule has 100 valence electrons. The summed E-state index contributed by atoms with van der Waals surface area (Å²) in [7, 11) is 1.64. The van der Waals surface area contributed by atoms with Crippen LogP contribution in [0.5, 0.6) is 0 Å². The van der Waals surface area contributed by atoms with Gasteiger partial charge in [0, 0.05) is 11.6 Å². The Kier molecular flexibility index (Phi) is 5.82. The van der Waals surface area contributed by atoms with E-state index in [1.54, 1.807) is 7.11 Å². The van der Waals surface area contributed by atoms with Crippen molar-refractivity contribution in [1.29, 1.82) is 0 Å². The van der Waals surface area contributed by atoms with Gasteiger partial charge < -0.3 is 10.1 Å². The summed E-state index contributed by atoms with van der Waals surface area (Å²) in [6.07, 6.45) is 0. The minimum absolute atomic E-state index is 0.0238. The summed E-state index contributed by atoms with van der Waals surface area (Å²) in [4.78, 5) is 12.2. The molecule has 4 heteroatoms. The molecule has 0 aliphatic rings. The highest BCUT2D eigenvalue weighted by Gasteiger charge is 2.18. The number of methoxy groups -OCH3 is 1. The van der Waals surface area contributed by atoms with Gasteiger partial charge in [-0.25, -0.2) is 0 Å². The fourth-order valence-electron chi connectivity index (χ4n) is 1.63. The molecule has 0 aliphatic carbocycles. The number of rotatable bonds is 5. The molecular formula is C14H20BrNO2. The Morgan fingerprint density at radius 2 is 2.11 bits per heavy atom. The van der Waals surface area contributed by atoms with E-state index in [1.807, 2.05) is 25.1 Å². The van der Waals surface area contributed by atoms with Gasteiger partial charge in [-0.1, -0.05) is 19.9 Å². The first kappa shape index (κ1) is 15.2. The molecule has 0 aromatic heterocycles. The summed E-state index contributed by atoms with van der Waals surface area (Å²) >= 11 is 3.42. The molecule has 0 saturated carbocycles. The van der Waals surface area contributed by atoms with E-state index in [-0.39, 0.29) is 11.9 Å². The average molecular weight is 314 g/mol. The van der Waals surface area contributed by atoms with Gasteiger partial charge in [-0.15, -0.1) is 0 Å². The fraction of sp³-hybridized carbons (Fsp3) is 0.500. The number of hydrogen-bond acceptors (Lipinski definition) is 2. The van der Waals surface area contributed by atoms with Crippen LogP contribution in [0, 0.1) is 12.8 Å². The van der Waals surface area contributed by atoms with Gasteiger partial charge in [0.25, 0.3) is 5.91 Å². The minimum Gasteiger partial charge on any atom is -0.383 e. The summed E-state index contributed by atoms with van der Waals surface area (Å²) < 4.78 is 5.94. The molecular weight excluding hydrogens is 294 g/mol. The molecule has 0 spiro atoms. The molecule has 0 aliphatic heterocycles. The molecule has 3 nitrogen and oxygen atoms in total. The van der Waals surface area contributed by atoms with Crippen molar-refractivity contribution in [2.24, 2.45) is 5.92 Å². The molecule has 1 atom stereocenters. The molecule has 1 rings (SSSR count). The Morgan fingerprint density at radius 3 is 2.61 bits per heavy atom. The van der Waals surface area contributed by atoms with Crippen molar-refractivity contribution < 1.29 is 9.53 Å². The lowest BCUT2D eigenvalue weighted by molar-refractivity contribution is 0.0866. The second kappa shape index (κ2) is 6.90. The van der Waals surface area contributed by atoms with Crippen LogP contribution in [-0.4, -0.2) is 25.7 Å². The Hall–Kier alpha value is -0.870. The highest BCUT2D eigenvalue weighted by Crippen LogP contribution is 2.18. The fourth-order valence-corrected chi connectivity index (χ4v) is 2.30. The molecule has 1 N–H and O–H groups in total. The second-order valence-corrected chi connectivity index (χ2v) is 5.62. The summed E-state index contributed by atoms with van der Waals surface area (Å²) in [6.45, 7) is 6.64. The van der Waals surface area contributed by atoms with E-state index in [0.29, 0.717) is 18.1 Å². The predicted octanol–water partition coefficient (Wildman–Crippen LogP) is 3.16. The summed E-state index contributed by atoms with van der Waals surface area (Å²) in [6, 6.07) is 5.73. The Bertz CT molecular complexity index is 418. The first-order valence-electron chi connectivity index (χ1n) is 6.01. The van der Waals surface area contributed by atoms with E-state index < -0.39 is 0 Å². The van der Waals surface area contributed by atoms with Crippen molar-refractivity contribution in [3.8, 4) is 0 Å². The lowest BCUT2D eigenvalue weighted by Crippen LogP contribution is -2.41. The zero-order valence-electron chi connectivity index (χ0n) is 11.3. The number of carbonyl (C=O) groups is 1. The molecule has 1 aromatic carbocycles. The number of halogens is 1.